The molecule has 86 valence electrons. The van der Waals surface area contributed by atoms with Crippen LogP contribution in [0, 0.1) is 5.92 Å². The predicted molar refractivity (Wildman–Crippen MR) is 64.7 cm³/mol. The molecule has 0 saturated carbocycles. The fraction of sp³-hybridized carbons (Fsp3) is 1.00. The van der Waals surface area contributed by atoms with Gasteiger partial charge in [0, 0.05) is 19.6 Å². The van der Waals surface area contributed by atoms with Crippen LogP contribution in [0.4, 0.5) is 0 Å². The van der Waals surface area contributed by atoms with Crippen LogP contribution in [-0.2, 0) is 0 Å². The molecule has 1 N–H and O–H groups in total. The molecule has 0 unspecified atom stereocenters. The van der Waals surface area contributed by atoms with E-state index in [0.29, 0.717) is 0 Å². The van der Waals surface area contributed by atoms with E-state index in [0.717, 1.165) is 19.0 Å². The minimum Gasteiger partial charge on any atom is -0.315 e. The Morgan fingerprint density at radius 3 is 2.21 bits per heavy atom. The van der Waals surface area contributed by atoms with Gasteiger partial charge in [-0.25, -0.2) is 0 Å². The van der Waals surface area contributed by atoms with Gasteiger partial charge in [0.05, 0.1) is 0 Å². The van der Waals surface area contributed by atoms with E-state index in [-0.39, 0.29) is 0 Å². The Labute approximate surface area is 90.1 Å². The van der Waals surface area contributed by atoms with Gasteiger partial charge in [-0.1, -0.05) is 33.6 Å². The van der Waals surface area contributed by atoms with Crippen molar-refractivity contribution in [3.8, 4) is 0 Å². The van der Waals surface area contributed by atoms with Crippen molar-refractivity contribution < 1.29 is 0 Å². The Morgan fingerprint density at radius 1 is 1.07 bits per heavy atom. The number of nitrogens with zero attached hydrogens (tertiary/aromatic N) is 1. The van der Waals surface area contributed by atoms with Crippen LogP contribution in [0.25, 0.3) is 0 Å². The Balaban J connectivity index is 3.38. The Hall–Kier alpha value is -0.0800. The number of nitrogens with one attached hydrogen (secondary N) is 1. The summed E-state index contributed by atoms with van der Waals surface area (Å²) < 4.78 is 0. The maximum Gasteiger partial charge on any atom is 0.0104 e. The van der Waals surface area contributed by atoms with Crippen LogP contribution in [0.15, 0.2) is 0 Å². The second kappa shape index (κ2) is 9.47. The summed E-state index contributed by atoms with van der Waals surface area (Å²) in [5, 5.41) is 3.43. The van der Waals surface area contributed by atoms with E-state index >= 15 is 0 Å². The molecule has 0 heterocycles. The monoisotopic (exact) mass is 200 g/mol. The van der Waals surface area contributed by atoms with Gasteiger partial charge in [0.25, 0.3) is 0 Å². The molecule has 0 aromatic heterocycles. The van der Waals surface area contributed by atoms with Crippen molar-refractivity contribution in [3.05, 3.63) is 0 Å². The van der Waals surface area contributed by atoms with Crippen molar-refractivity contribution >= 4 is 0 Å². The first-order valence-corrected chi connectivity index (χ1v) is 6.13. The summed E-state index contributed by atoms with van der Waals surface area (Å²) in [7, 11) is 2.23. The van der Waals surface area contributed by atoms with Crippen molar-refractivity contribution in [1.29, 1.82) is 0 Å². The second-order valence-corrected chi connectivity index (χ2v) is 4.19. The van der Waals surface area contributed by atoms with Gasteiger partial charge in [-0.2, -0.15) is 0 Å². The van der Waals surface area contributed by atoms with Gasteiger partial charge >= 0.3 is 0 Å². The predicted octanol–water partition coefficient (Wildman–Crippen LogP) is 2.35. The molecule has 0 amide bonds. The van der Waals surface area contributed by atoms with Crippen LogP contribution in [0.1, 0.15) is 40.0 Å². The first-order chi connectivity index (χ1) is 6.74. The molecule has 0 atom stereocenters. The average molecular weight is 200 g/mol. The SMILES string of the molecule is CCCNCCN(C)CC(CC)CC. The molecule has 0 spiro atoms. The summed E-state index contributed by atoms with van der Waals surface area (Å²) in [5.74, 6) is 0.881. The topological polar surface area (TPSA) is 15.3 Å². The fourth-order valence-corrected chi connectivity index (χ4v) is 1.65. The third kappa shape index (κ3) is 7.34. The van der Waals surface area contributed by atoms with E-state index in [1.165, 1.54) is 32.4 Å². The lowest BCUT2D eigenvalue weighted by molar-refractivity contribution is 0.267. The Morgan fingerprint density at radius 2 is 1.71 bits per heavy atom. The third-order valence-corrected chi connectivity index (χ3v) is 2.82. The van der Waals surface area contributed by atoms with Gasteiger partial charge in [0.15, 0.2) is 0 Å². The number of hydrogen-bond acceptors (Lipinski definition) is 2. The smallest absolute Gasteiger partial charge is 0.0104 e. The molecule has 0 saturated heterocycles. The Bertz CT molecular complexity index is 111. The van der Waals surface area contributed by atoms with Crippen LogP contribution in [0.2, 0.25) is 0 Å². The number of hydrogen-bond donors (Lipinski definition) is 1. The maximum absolute atomic E-state index is 3.43. The highest BCUT2D eigenvalue weighted by Crippen LogP contribution is 2.08. The minimum absolute atomic E-state index is 0.881. The van der Waals surface area contributed by atoms with Crippen LogP contribution in [0.3, 0.4) is 0 Å². The molecule has 0 aromatic rings. The maximum atomic E-state index is 3.43. The summed E-state index contributed by atoms with van der Waals surface area (Å²) in [6.07, 6.45) is 3.85. The largest absolute Gasteiger partial charge is 0.315 e. The average Bonchev–Trinajstić information content (AvgIpc) is 2.21. The Kier molecular flexibility index (Phi) is 9.42. The summed E-state index contributed by atoms with van der Waals surface area (Å²) in [6.45, 7) is 11.5. The van der Waals surface area contributed by atoms with Crippen LogP contribution in [-0.4, -0.2) is 38.1 Å². The van der Waals surface area contributed by atoms with E-state index in [2.05, 4.69) is 38.0 Å². The quantitative estimate of drug-likeness (QED) is 0.575. The minimum atomic E-state index is 0.881. The highest BCUT2D eigenvalue weighted by molar-refractivity contribution is 4.61. The summed E-state index contributed by atoms with van der Waals surface area (Å²) in [4.78, 5) is 2.44. The lowest BCUT2D eigenvalue weighted by Crippen LogP contribution is -2.32. The summed E-state index contributed by atoms with van der Waals surface area (Å²) in [5.41, 5.74) is 0. The van der Waals surface area contributed by atoms with Crippen LogP contribution < -0.4 is 5.32 Å². The van der Waals surface area contributed by atoms with Gasteiger partial charge in [0.2, 0.25) is 0 Å². The molecule has 0 fully saturated rings. The lowest BCUT2D eigenvalue weighted by atomic mass is 10.0. The zero-order chi connectivity index (χ0) is 10.8. The lowest BCUT2D eigenvalue weighted by Gasteiger charge is -2.22. The first kappa shape index (κ1) is 13.9. The van der Waals surface area contributed by atoms with Gasteiger partial charge < -0.3 is 10.2 Å². The van der Waals surface area contributed by atoms with E-state index in [4.69, 9.17) is 0 Å². The first-order valence-electron chi connectivity index (χ1n) is 6.13. The molecule has 14 heavy (non-hydrogen) atoms. The van der Waals surface area contributed by atoms with Crippen molar-refractivity contribution in [2.75, 3.05) is 33.2 Å². The number of rotatable bonds is 9. The van der Waals surface area contributed by atoms with Crippen molar-refractivity contribution in [3.63, 3.8) is 0 Å². The standard InChI is InChI=1S/C12H28N2/c1-5-8-13-9-10-14(4)11-12(6-2)7-3/h12-13H,5-11H2,1-4H3. The molecule has 0 rings (SSSR count). The van der Waals surface area contributed by atoms with Crippen LogP contribution in [0.5, 0.6) is 0 Å². The number of likely N-dealkylation sites (N-methyl/N-ethyl adjacent to an activating group) is 1. The highest BCUT2D eigenvalue weighted by Gasteiger charge is 2.06. The second-order valence-electron chi connectivity index (χ2n) is 4.19. The molecule has 0 aromatic carbocycles. The van der Waals surface area contributed by atoms with Crippen molar-refractivity contribution in [2.45, 2.75) is 40.0 Å². The molecular weight excluding hydrogens is 172 g/mol. The fourth-order valence-electron chi connectivity index (χ4n) is 1.65. The molecule has 0 aliphatic heterocycles. The normalized spacial score (nSPS) is 11.6. The van der Waals surface area contributed by atoms with Gasteiger partial charge in [-0.3, -0.25) is 0 Å². The molecular formula is C12H28N2. The summed E-state index contributed by atoms with van der Waals surface area (Å²) in [6, 6.07) is 0. The van der Waals surface area contributed by atoms with E-state index in [1.807, 2.05) is 0 Å². The van der Waals surface area contributed by atoms with E-state index in [9.17, 15) is 0 Å². The molecule has 0 radical (unpaired) electrons. The van der Waals surface area contributed by atoms with Crippen molar-refractivity contribution in [2.24, 2.45) is 5.92 Å². The zero-order valence-electron chi connectivity index (χ0n) is 10.5. The molecule has 0 aliphatic carbocycles. The zero-order valence-corrected chi connectivity index (χ0v) is 10.5. The molecule has 2 heteroatoms. The van der Waals surface area contributed by atoms with Gasteiger partial charge in [0.1, 0.15) is 0 Å². The van der Waals surface area contributed by atoms with Gasteiger partial charge in [-0.15, -0.1) is 0 Å². The van der Waals surface area contributed by atoms with Crippen LogP contribution >= 0.6 is 0 Å². The highest BCUT2D eigenvalue weighted by atomic mass is 15.1. The summed E-state index contributed by atoms with van der Waals surface area (Å²) >= 11 is 0. The van der Waals surface area contributed by atoms with Gasteiger partial charge in [-0.05, 0) is 25.9 Å². The van der Waals surface area contributed by atoms with E-state index < -0.39 is 0 Å². The molecule has 2 nitrogen and oxygen atoms in total. The van der Waals surface area contributed by atoms with Crippen molar-refractivity contribution in [1.82, 2.24) is 10.2 Å². The molecule has 0 bridgehead atoms. The third-order valence-electron chi connectivity index (χ3n) is 2.82. The molecule has 0 aliphatic rings. The van der Waals surface area contributed by atoms with E-state index in [1.54, 1.807) is 0 Å².